The van der Waals surface area contributed by atoms with E-state index in [1.807, 2.05) is 4.90 Å². The number of anilines is 1. The van der Waals surface area contributed by atoms with Crippen molar-refractivity contribution >= 4 is 11.4 Å². The van der Waals surface area contributed by atoms with Crippen LogP contribution in [0.3, 0.4) is 0 Å². The van der Waals surface area contributed by atoms with Crippen LogP contribution < -0.4 is 4.90 Å². The van der Waals surface area contributed by atoms with Crippen LogP contribution in [0.15, 0.2) is 12.1 Å². The molecule has 0 aromatic heterocycles. The molecule has 112 valence electrons. The number of aryl methyl sites for hydroxylation is 1. The zero-order valence-electron chi connectivity index (χ0n) is 11.9. The topological polar surface area (TPSA) is 73.4 Å². The number of piperazine rings is 1. The summed E-state index contributed by atoms with van der Waals surface area (Å²) in [5.41, 5.74) is 0.685. The van der Waals surface area contributed by atoms with Gasteiger partial charge in [-0.3, -0.25) is 15.0 Å². The number of hydrogen-bond acceptors (Lipinski definition) is 5. The highest BCUT2D eigenvalue weighted by Crippen LogP contribution is 2.28. The highest BCUT2D eigenvalue weighted by molar-refractivity contribution is 5.56. The van der Waals surface area contributed by atoms with E-state index in [1.54, 1.807) is 13.0 Å². The molecule has 1 saturated heterocycles. The molecule has 1 fully saturated rings. The average molecular weight is 292 g/mol. The molecule has 0 amide bonds. The summed E-state index contributed by atoms with van der Waals surface area (Å²) in [6, 6.07) is 4.65. The fraction of sp³-hybridized carbons (Fsp3) is 0.500. The second kappa shape index (κ2) is 6.50. The molecule has 0 atom stereocenters. The van der Waals surface area contributed by atoms with Gasteiger partial charge in [0.25, 0.3) is 5.69 Å². The Labute approximate surface area is 122 Å². The minimum Gasteiger partial charge on any atom is -0.367 e. The van der Waals surface area contributed by atoms with Crippen LogP contribution in [0.4, 0.5) is 15.8 Å². The van der Waals surface area contributed by atoms with Crippen molar-refractivity contribution in [3.05, 3.63) is 33.6 Å². The monoisotopic (exact) mass is 292 g/mol. The summed E-state index contributed by atoms with van der Waals surface area (Å²) in [5.74, 6) is -0.558. The summed E-state index contributed by atoms with van der Waals surface area (Å²) < 4.78 is 14.1. The van der Waals surface area contributed by atoms with Crippen molar-refractivity contribution in [1.82, 2.24) is 4.90 Å². The smallest absolute Gasteiger partial charge is 0.275 e. The van der Waals surface area contributed by atoms with Crippen molar-refractivity contribution in [2.75, 3.05) is 37.6 Å². The Morgan fingerprint density at radius 3 is 2.62 bits per heavy atom. The molecule has 21 heavy (non-hydrogen) atoms. The summed E-state index contributed by atoms with van der Waals surface area (Å²) in [6.45, 7) is 5.17. The number of nitriles is 1. The van der Waals surface area contributed by atoms with E-state index in [1.165, 1.54) is 0 Å². The first kappa shape index (κ1) is 15.2. The number of nitrogens with zero attached hydrogens (tertiary/aromatic N) is 4. The molecule has 0 saturated carbocycles. The molecule has 7 heteroatoms. The molecule has 0 aliphatic carbocycles. The van der Waals surface area contributed by atoms with Crippen LogP contribution >= 0.6 is 0 Å². The molecule has 1 aromatic carbocycles. The first-order chi connectivity index (χ1) is 10.0. The number of nitro groups is 1. The maximum Gasteiger partial charge on any atom is 0.275 e. The highest BCUT2D eigenvalue weighted by atomic mass is 19.1. The Morgan fingerprint density at radius 1 is 1.38 bits per heavy atom. The van der Waals surface area contributed by atoms with Gasteiger partial charge in [0.15, 0.2) is 5.82 Å². The molecule has 1 heterocycles. The van der Waals surface area contributed by atoms with Gasteiger partial charge in [-0.05, 0) is 13.0 Å². The molecule has 1 aliphatic rings. The molecule has 0 radical (unpaired) electrons. The number of nitro benzene ring substituents is 1. The number of benzene rings is 1. The van der Waals surface area contributed by atoms with Gasteiger partial charge in [-0.15, -0.1) is 0 Å². The number of rotatable bonds is 4. The molecule has 0 spiro atoms. The molecule has 1 aromatic rings. The van der Waals surface area contributed by atoms with Crippen LogP contribution in [0.2, 0.25) is 0 Å². The Morgan fingerprint density at radius 2 is 2.05 bits per heavy atom. The van der Waals surface area contributed by atoms with Crippen LogP contribution in [-0.2, 0) is 0 Å². The minimum absolute atomic E-state index is 0.191. The summed E-state index contributed by atoms with van der Waals surface area (Å²) in [4.78, 5) is 14.3. The Balaban J connectivity index is 2.09. The van der Waals surface area contributed by atoms with Gasteiger partial charge >= 0.3 is 0 Å². The van der Waals surface area contributed by atoms with Crippen LogP contribution in [0, 0.1) is 34.2 Å². The largest absolute Gasteiger partial charge is 0.367 e. The van der Waals surface area contributed by atoms with E-state index in [4.69, 9.17) is 5.26 Å². The maximum absolute atomic E-state index is 14.1. The fourth-order valence-corrected chi connectivity index (χ4v) is 2.52. The van der Waals surface area contributed by atoms with Gasteiger partial charge < -0.3 is 4.90 Å². The standard InChI is InChI=1S/C14H17FN4O2/c1-11-9-14(12(15)10-13(11)19(20)21)18-7-5-17(6-8-18)4-2-3-16/h9-10H,2,4-8H2,1H3. The van der Waals surface area contributed by atoms with Crippen LogP contribution in [0.25, 0.3) is 0 Å². The third kappa shape index (κ3) is 3.47. The van der Waals surface area contributed by atoms with Gasteiger partial charge in [0.1, 0.15) is 0 Å². The van der Waals surface area contributed by atoms with Crippen LogP contribution in [0.5, 0.6) is 0 Å². The molecular weight excluding hydrogens is 275 g/mol. The lowest BCUT2D eigenvalue weighted by Crippen LogP contribution is -2.46. The van der Waals surface area contributed by atoms with Gasteiger partial charge in [-0.25, -0.2) is 4.39 Å². The predicted octanol–water partition coefficient (Wildman–Crippen LogP) is 2.08. The van der Waals surface area contributed by atoms with Gasteiger partial charge in [0, 0.05) is 44.7 Å². The molecule has 6 nitrogen and oxygen atoms in total. The molecular formula is C14H17FN4O2. The molecule has 1 aliphatic heterocycles. The number of hydrogen-bond donors (Lipinski definition) is 0. The molecule has 0 unspecified atom stereocenters. The quantitative estimate of drug-likeness (QED) is 0.627. The summed E-state index contributed by atoms with van der Waals surface area (Å²) in [6.07, 6.45) is 0.491. The lowest BCUT2D eigenvalue weighted by atomic mass is 10.1. The number of halogens is 1. The van der Waals surface area contributed by atoms with E-state index in [0.717, 1.165) is 25.7 Å². The second-order valence-electron chi connectivity index (χ2n) is 5.08. The Kier molecular flexibility index (Phi) is 4.70. The van der Waals surface area contributed by atoms with Gasteiger partial charge in [-0.2, -0.15) is 5.26 Å². The average Bonchev–Trinajstić information content (AvgIpc) is 2.47. The van der Waals surface area contributed by atoms with Gasteiger partial charge in [0.2, 0.25) is 0 Å². The lowest BCUT2D eigenvalue weighted by Gasteiger charge is -2.36. The van der Waals surface area contributed by atoms with E-state index < -0.39 is 10.7 Å². The third-order valence-corrected chi connectivity index (χ3v) is 3.71. The third-order valence-electron chi connectivity index (χ3n) is 3.71. The summed E-state index contributed by atoms with van der Waals surface area (Å²) in [5, 5.41) is 19.4. The Hall–Kier alpha value is -2.20. The summed E-state index contributed by atoms with van der Waals surface area (Å²) >= 11 is 0. The van der Waals surface area contributed by atoms with Crippen molar-refractivity contribution in [1.29, 1.82) is 5.26 Å². The van der Waals surface area contributed by atoms with Crippen LogP contribution in [0.1, 0.15) is 12.0 Å². The van der Waals surface area contributed by atoms with Crippen molar-refractivity contribution < 1.29 is 9.31 Å². The van der Waals surface area contributed by atoms with E-state index in [-0.39, 0.29) is 5.69 Å². The zero-order valence-corrected chi connectivity index (χ0v) is 11.9. The molecule has 0 N–H and O–H groups in total. The van der Waals surface area contributed by atoms with Crippen molar-refractivity contribution in [3.8, 4) is 6.07 Å². The Bertz CT molecular complexity index is 577. The van der Waals surface area contributed by atoms with E-state index in [2.05, 4.69) is 11.0 Å². The second-order valence-corrected chi connectivity index (χ2v) is 5.08. The first-order valence-corrected chi connectivity index (χ1v) is 6.81. The first-order valence-electron chi connectivity index (χ1n) is 6.81. The minimum atomic E-state index is -0.567. The van der Waals surface area contributed by atoms with Crippen molar-refractivity contribution in [3.63, 3.8) is 0 Å². The fourth-order valence-electron chi connectivity index (χ4n) is 2.52. The van der Waals surface area contributed by atoms with E-state index >= 15 is 0 Å². The molecule has 2 rings (SSSR count). The highest BCUT2D eigenvalue weighted by Gasteiger charge is 2.22. The van der Waals surface area contributed by atoms with Gasteiger partial charge in [-0.1, -0.05) is 0 Å². The van der Waals surface area contributed by atoms with E-state index in [0.29, 0.717) is 30.8 Å². The zero-order chi connectivity index (χ0) is 15.4. The maximum atomic E-state index is 14.1. The van der Waals surface area contributed by atoms with Gasteiger partial charge in [0.05, 0.1) is 22.7 Å². The summed E-state index contributed by atoms with van der Waals surface area (Å²) in [7, 11) is 0. The van der Waals surface area contributed by atoms with Crippen LogP contribution in [-0.4, -0.2) is 42.5 Å². The lowest BCUT2D eigenvalue weighted by molar-refractivity contribution is -0.385. The van der Waals surface area contributed by atoms with Crippen molar-refractivity contribution in [2.24, 2.45) is 0 Å². The SMILES string of the molecule is Cc1cc(N2CCN(CCC#N)CC2)c(F)cc1[N+](=O)[O-]. The predicted molar refractivity (Wildman–Crippen MR) is 76.7 cm³/mol. The molecule has 0 bridgehead atoms. The normalized spacial score (nSPS) is 15.8. The van der Waals surface area contributed by atoms with E-state index in [9.17, 15) is 14.5 Å². The van der Waals surface area contributed by atoms with Crippen molar-refractivity contribution in [2.45, 2.75) is 13.3 Å².